The maximum atomic E-state index is 12.7. The van der Waals surface area contributed by atoms with E-state index in [9.17, 15) is 12.6 Å². The SMILES string of the molecule is O=S1CC2(CCN(CCC(CCNS(=O)(=O)c3ccccc3)c3ccccc3)CC2)c2ccccc21. The molecule has 3 aromatic carbocycles. The molecule has 2 unspecified atom stereocenters. The molecule has 0 radical (unpaired) electrons. The normalized spacial score (nSPS) is 20.3. The molecule has 1 N–H and O–H groups in total. The predicted molar refractivity (Wildman–Crippen MR) is 145 cm³/mol. The van der Waals surface area contributed by atoms with Crippen LogP contribution in [0.5, 0.6) is 0 Å². The average molecular weight is 523 g/mol. The van der Waals surface area contributed by atoms with Gasteiger partial charge in [-0.3, -0.25) is 4.21 Å². The van der Waals surface area contributed by atoms with Crippen molar-refractivity contribution in [1.82, 2.24) is 9.62 Å². The lowest BCUT2D eigenvalue weighted by Gasteiger charge is -2.40. The molecule has 5 rings (SSSR count). The van der Waals surface area contributed by atoms with Crippen molar-refractivity contribution in [2.45, 2.75) is 46.8 Å². The van der Waals surface area contributed by atoms with Gasteiger partial charge in [-0.05, 0) is 80.6 Å². The fourth-order valence-electron chi connectivity index (χ4n) is 5.72. The molecule has 190 valence electrons. The molecule has 2 aliphatic heterocycles. The summed E-state index contributed by atoms with van der Waals surface area (Å²) in [6.45, 7) is 3.40. The molecule has 1 fully saturated rings. The van der Waals surface area contributed by atoms with Gasteiger partial charge in [0, 0.05) is 22.6 Å². The number of hydrogen-bond acceptors (Lipinski definition) is 4. The van der Waals surface area contributed by atoms with E-state index < -0.39 is 20.8 Å². The van der Waals surface area contributed by atoms with Crippen LogP contribution in [-0.2, 0) is 26.2 Å². The number of nitrogens with zero attached hydrogens (tertiary/aromatic N) is 1. The van der Waals surface area contributed by atoms with Gasteiger partial charge in [-0.25, -0.2) is 13.1 Å². The second-order valence-corrected chi connectivity index (χ2v) is 13.2. The summed E-state index contributed by atoms with van der Waals surface area (Å²) in [7, 11) is -4.38. The topological polar surface area (TPSA) is 66.5 Å². The Labute approximate surface area is 217 Å². The number of likely N-dealkylation sites (tertiary alicyclic amines) is 1. The van der Waals surface area contributed by atoms with E-state index in [0.717, 1.165) is 56.0 Å². The van der Waals surface area contributed by atoms with Gasteiger partial charge in [0.25, 0.3) is 0 Å². The van der Waals surface area contributed by atoms with Crippen molar-refractivity contribution in [3.63, 3.8) is 0 Å². The van der Waals surface area contributed by atoms with Crippen LogP contribution in [0, 0.1) is 0 Å². The summed E-state index contributed by atoms with van der Waals surface area (Å²) < 4.78 is 40.8. The summed E-state index contributed by atoms with van der Waals surface area (Å²) in [4.78, 5) is 3.87. The van der Waals surface area contributed by atoms with Crippen molar-refractivity contribution in [3.05, 3.63) is 96.1 Å². The summed E-state index contributed by atoms with van der Waals surface area (Å²) in [5.41, 5.74) is 2.62. The molecule has 2 aliphatic rings. The van der Waals surface area contributed by atoms with Crippen molar-refractivity contribution in [2.24, 2.45) is 0 Å². The molecule has 7 heteroatoms. The quantitative estimate of drug-likeness (QED) is 0.443. The zero-order valence-corrected chi connectivity index (χ0v) is 22.1. The molecule has 0 amide bonds. The van der Waals surface area contributed by atoms with Gasteiger partial charge in [0.1, 0.15) is 0 Å². The fourth-order valence-corrected chi connectivity index (χ4v) is 8.65. The van der Waals surface area contributed by atoms with E-state index in [0.29, 0.717) is 11.4 Å². The number of sulfonamides is 1. The highest BCUT2D eigenvalue weighted by atomic mass is 32.2. The first-order chi connectivity index (χ1) is 17.5. The van der Waals surface area contributed by atoms with Gasteiger partial charge in [0.2, 0.25) is 10.0 Å². The summed E-state index contributed by atoms with van der Waals surface area (Å²) >= 11 is 0. The highest BCUT2D eigenvalue weighted by molar-refractivity contribution is 7.89. The van der Waals surface area contributed by atoms with Crippen molar-refractivity contribution < 1.29 is 12.6 Å². The number of piperidine rings is 1. The highest BCUT2D eigenvalue weighted by Crippen LogP contribution is 2.44. The number of fused-ring (bicyclic) bond motifs is 2. The van der Waals surface area contributed by atoms with Crippen LogP contribution in [0.15, 0.2) is 94.7 Å². The molecule has 2 atom stereocenters. The molecular formula is C29H34N2O3S2. The number of nitrogens with one attached hydrogen (secondary N) is 1. The van der Waals surface area contributed by atoms with Crippen molar-refractivity contribution >= 4 is 20.8 Å². The van der Waals surface area contributed by atoms with Crippen LogP contribution in [0.25, 0.3) is 0 Å². The van der Waals surface area contributed by atoms with Crippen LogP contribution in [0.3, 0.4) is 0 Å². The second-order valence-electron chi connectivity index (χ2n) is 10.0. The lowest BCUT2D eigenvalue weighted by atomic mass is 9.74. The van der Waals surface area contributed by atoms with Crippen LogP contribution in [0.1, 0.15) is 42.7 Å². The summed E-state index contributed by atoms with van der Waals surface area (Å²) in [6.07, 6.45) is 3.82. The van der Waals surface area contributed by atoms with Crippen molar-refractivity contribution in [3.8, 4) is 0 Å². The van der Waals surface area contributed by atoms with E-state index in [-0.39, 0.29) is 11.3 Å². The molecule has 1 spiro atoms. The Hall–Kier alpha value is -2.32. The Morgan fingerprint density at radius 2 is 1.50 bits per heavy atom. The third-order valence-corrected chi connectivity index (χ3v) is 11.0. The van der Waals surface area contributed by atoms with Crippen LogP contribution < -0.4 is 4.72 Å². The van der Waals surface area contributed by atoms with Gasteiger partial charge in [0.15, 0.2) is 0 Å². The number of rotatable bonds is 9. The van der Waals surface area contributed by atoms with Gasteiger partial charge in [-0.15, -0.1) is 0 Å². The van der Waals surface area contributed by atoms with Crippen LogP contribution in [0.2, 0.25) is 0 Å². The summed E-state index contributed by atoms with van der Waals surface area (Å²) in [6, 6.07) is 27.2. The van der Waals surface area contributed by atoms with Gasteiger partial charge in [-0.2, -0.15) is 0 Å². The summed E-state index contributed by atoms with van der Waals surface area (Å²) in [5, 5.41) is 0. The van der Waals surface area contributed by atoms with Crippen LogP contribution in [-0.4, -0.2) is 49.5 Å². The molecule has 0 aliphatic carbocycles. The Bertz CT molecular complexity index is 1290. The Kier molecular flexibility index (Phi) is 7.72. The van der Waals surface area contributed by atoms with Gasteiger partial charge < -0.3 is 4.90 Å². The second kappa shape index (κ2) is 11.0. The first-order valence-corrected chi connectivity index (χ1v) is 15.6. The van der Waals surface area contributed by atoms with E-state index in [1.54, 1.807) is 24.3 Å². The minimum atomic E-state index is -3.50. The van der Waals surface area contributed by atoms with Crippen LogP contribution in [0.4, 0.5) is 0 Å². The van der Waals surface area contributed by atoms with Gasteiger partial charge in [-0.1, -0.05) is 66.7 Å². The zero-order valence-electron chi connectivity index (χ0n) is 20.5. The van der Waals surface area contributed by atoms with E-state index in [1.807, 2.05) is 24.3 Å². The first-order valence-electron chi connectivity index (χ1n) is 12.8. The molecule has 0 bridgehead atoms. The molecule has 36 heavy (non-hydrogen) atoms. The molecule has 3 aromatic rings. The molecule has 5 nitrogen and oxygen atoms in total. The standard InChI is InChI=1S/C29H34N2O3S2/c32-35-23-29(27-13-7-8-14-28(27)35)17-21-31(22-18-29)20-16-25(24-9-3-1-4-10-24)15-19-30-36(33,34)26-11-5-2-6-12-26/h1-14,25,30H,15-23H2. The first kappa shape index (κ1) is 25.3. The van der Waals surface area contributed by atoms with Crippen molar-refractivity contribution in [2.75, 3.05) is 31.9 Å². The van der Waals surface area contributed by atoms with E-state index >= 15 is 0 Å². The van der Waals surface area contributed by atoms with Crippen molar-refractivity contribution in [1.29, 1.82) is 0 Å². The third kappa shape index (κ3) is 5.49. The van der Waals surface area contributed by atoms with Gasteiger partial charge >= 0.3 is 0 Å². The Morgan fingerprint density at radius 1 is 0.861 bits per heavy atom. The predicted octanol–water partition coefficient (Wildman–Crippen LogP) is 4.68. The highest BCUT2D eigenvalue weighted by Gasteiger charge is 2.44. The number of benzene rings is 3. The van der Waals surface area contributed by atoms with Gasteiger partial charge in [0.05, 0.1) is 15.7 Å². The summed E-state index contributed by atoms with van der Waals surface area (Å²) in [5.74, 6) is 1.04. The maximum absolute atomic E-state index is 12.7. The molecule has 0 aromatic heterocycles. The minimum Gasteiger partial charge on any atom is -0.303 e. The fraction of sp³-hybridized carbons (Fsp3) is 0.379. The Morgan fingerprint density at radius 3 is 2.22 bits per heavy atom. The molecule has 2 heterocycles. The average Bonchev–Trinajstić information content (AvgIpc) is 3.19. The Balaban J connectivity index is 1.18. The number of hydrogen-bond donors (Lipinski definition) is 1. The minimum absolute atomic E-state index is 0.0620. The largest absolute Gasteiger partial charge is 0.303 e. The van der Waals surface area contributed by atoms with E-state index in [2.05, 4.69) is 46.0 Å². The molecule has 1 saturated heterocycles. The van der Waals surface area contributed by atoms with Crippen LogP contribution >= 0.6 is 0 Å². The molecule has 0 saturated carbocycles. The lowest BCUT2D eigenvalue weighted by molar-refractivity contribution is 0.166. The third-order valence-electron chi connectivity index (χ3n) is 7.83. The van der Waals surface area contributed by atoms with E-state index in [1.165, 1.54) is 11.1 Å². The lowest BCUT2D eigenvalue weighted by Crippen LogP contribution is -2.43. The van der Waals surface area contributed by atoms with E-state index in [4.69, 9.17) is 0 Å². The maximum Gasteiger partial charge on any atom is 0.240 e. The molecular weight excluding hydrogens is 488 g/mol. The smallest absolute Gasteiger partial charge is 0.240 e. The zero-order chi connectivity index (χ0) is 25.0. The monoisotopic (exact) mass is 522 g/mol.